The number of imidazole rings is 1. The number of nitrogen functional groups attached to an aromatic ring is 1. The average molecular weight is 741 g/mol. The molecule has 1 atom stereocenters. The lowest BCUT2D eigenvalue weighted by Crippen LogP contribution is -2.27. The molecule has 1 aliphatic carbocycles. The van der Waals surface area contributed by atoms with Gasteiger partial charge >= 0.3 is 6.55 Å². The highest BCUT2D eigenvalue weighted by Crippen LogP contribution is 2.37. The first-order valence-corrected chi connectivity index (χ1v) is 17.8. The summed E-state index contributed by atoms with van der Waals surface area (Å²) >= 11 is 0. The van der Waals surface area contributed by atoms with Gasteiger partial charge in [-0.1, -0.05) is 36.4 Å². The van der Waals surface area contributed by atoms with Crippen LogP contribution in [-0.4, -0.2) is 48.4 Å². The molecule has 12 nitrogen and oxygen atoms in total. The standard InChI is InChI=1S/C41H34F2N8O4/c42-41(43)50-18-16-33(49-50)32-13-14-34-38(46-32)51(37(47-34)29-7-4-17-45-36(29)44)27-10-11-28-25(21-27)8-12-31(28)48-39(52)26-9-15-35(30(22-26)40-53-19-20-54-40)55-23-24-5-2-1-3-6-24/h1-7,9-11,13-18,21-22,31,40-41H,8,12,19-20,23H2,(H2,44,45)(H,48,52)/t31-/m0/s1. The molecule has 1 fully saturated rings. The Morgan fingerprint density at radius 3 is 2.58 bits per heavy atom. The van der Waals surface area contributed by atoms with E-state index >= 15 is 0 Å². The summed E-state index contributed by atoms with van der Waals surface area (Å²) in [6, 6.07) is 29.6. The number of amides is 1. The van der Waals surface area contributed by atoms with E-state index in [1.54, 1.807) is 42.6 Å². The van der Waals surface area contributed by atoms with Crippen LogP contribution in [0.3, 0.4) is 0 Å². The van der Waals surface area contributed by atoms with Crippen LogP contribution in [-0.2, 0) is 22.5 Å². The normalized spacial score (nSPS) is 15.5. The van der Waals surface area contributed by atoms with Crippen molar-refractivity contribution in [1.29, 1.82) is 0 Å². The number of nitrogens with zero attached hydrogens (tertiary/aromatic N) is 6. The summed E-state index contributed by atoms with van der Waals surface area (Å²) in [6.45, 7) is -1.50. The number of carbonyl (C=O) groups is 1. The molecule has 2 aliphatic rings. The highest BCUT2D eigenvalue weighted by atomic mass is 19.3. The maximum Gasteiger partial charge on any atom is 0.333 e. The quantitative estimate of drug-likeness (QED) is 0.147. The van der Waals surface area contributed by atoms with Crippen molar-refractivity contribution < 1.29 is 27.8 Å². The Hall–Kier alpha value is -6.51. The van der Waals surface area contributed by atoms with Gasteiger partial charge in [0.25, 0.3) is 5.91 Å². The number of rotatable bonds is 10. The Bertz CT molecular complexity index is 2530. The number of anilines is 1. The average Bonchev–Trinajstić information content (AvgIpc) is 4.04. The molecule has 0 bridgehead atoms. The Morgan fingerprint density at radius 1 is 0.927 bits per heavy atom. The molecular weight excluding hydrogens is 706 g/mol. The SMILES string of the molecule is Nc1ncccc1-c1nc2ccc(-c3ccn(C(F)F)n3)nc2n1-c1ccc2c(c1)CC[C@@H]2NC(=O)c1ccc(OCc2ccccc2)c(C2OCCO2)c1. The van der Waals surface area contributed by atoms with Crippen LogP contribution in [0.2, 0.25) is 0 Å². The minimum atomic E-state index is -2.77. The van der Waals surface area contributed by atoms with E-state index in [0.29, 0.717) is 87.6 Å². The van der Waals surface area contributed by atoms with E-state index in [4.69, 9.17) is 29.9 Å². The number of hydrogen-bond acceptors (Lipinski definition) is 9. The van der Waals surface area contributed by atoms with Crippen LogP contribution in [0.4, 0.5) is 14.6 Å². The predicted octanol–water partition coefficient (Wildman–Crippen LogP) is 7.37. The van der Waals surface area contributed by atoms with Crippen LogP contribution in [0.1, 0.15) is 57.9 Å². The van der Waals surface area contributed by atoms with Crippen LogP contribution in [0.15, 0.2) is 109 Å². The topological polar surface area (TPSA) is 144 Å². The summed E-state index contributed by atoms with van der Waals surface area (Å²) in [4.78, 5) is 27.8. The number of benzene rings is 3. The first kappa shape index (κ1) is 34.3. The summed E-state index contributed by atoms with van der Waals surface area (Å²) in [5.74, 6) is 1.18. The van der Waals surface area contributed by atoms with Gasteiger partial charge in [-0.05, 0) is 90.2 Å². The Kier molecular flexibility index (Phi) is 8.96. The molecule has 0 radical (unpaired) electrons. The predicted molar refractivity (Wildman–Crippen MR) is 199 cm³/mol. The lowest BCUT2D eigenvalue weighted by Gasteiger charge is -2.19. The lowest BCUT2D eigenvalue weighted by molar-refractivity contribution is -0.0459. The van der Waals surface area contributed by atoms with E-state index < -0.39 is 12.8 Å². The van der Waals surface area contributed by atoms with Gasteiger partial charge in [0.1, 0.15) is 29.4 Å². The maximum absolute atomic E-state index is 13.8. The van der Waals surface area contributed by atoms with Gasteiger partial charge < -0.3 is 25.3 Å². The number of hydrogen-bond donors (Lipinski definition) is 2. The van der Waals surface area contributed by atoms with Crippen molar-refractivity contribution in [3.63, 3.8) is 0 Å². The zero-order chi connectivity index (χ0) is 37.5. The van der Waals surface area contributed by atoms with Crippen molar-refractivity contribution in [2.45, 2.75) is 38.3 Å². The largest absolute Gasteiger partial charge is 0.488 e. The molecule has 1 aliphatic heterocycles. The minimum Gasteiger partial charge on any atom is -0.488 e. The fourth-order valence-electron chi connectivity index (χ4n) is 7.13. The molecule has 1 saturated heterocycles. The first-order valence-electron chi connectivity index (χ1n) is 17.8. The summed E-state index contributed by atoms with van der Waals surface area (Å²) in [6.07, 6.45) is 3.62. The van der Waals surface area contributed by atoms with Crippen LogP contribution in [0.25, 0.3) is 39.6 Å². The molecule has 7 aromatic rings. The Labute approximate surface area is 313 Å². The van der Waals surface area contributed by atoms with Gasteiger partial charge in [-0.2, -0.15) is 13.9 Å². The number of aromatic nitrogens is 6. The number of aryl methyl sites for hydroxylation is 1. The van der Waals surface area contributed by atoms with Crippen molar-refractivity contribution in [2.75, 3.05) is 18.9 Å². The van der Waals surface area contributed by atoms with E-state index in [1.807, 2.05) is 53.1 Å². The van der Waals surface area contributed by atoms with Gasteiger partial charge in [-0.3, -0.25) is 9.36 Å². The van der Waals surface area contributed by atoms with Crippen LogP contribution in [0.5, 0.6) is 5.75 Å². The second kappa shape index (κ2) is 14.4. The fraction of sp³-hybridized carbons (Fsp3) is 0.195. The third kappa shape index (κ3) is 6.66. The number of halogens is 2. The molecule has 0 unspecified atom stereocenters. The molecule has 4 aromatic heterocycles. The van der Waals surface area contributed by atoms with E-state index in [1.165, 1.54) is 12.3 Å². The highest BCUT2D eigenvalue weighted by molar-refractivity contribution is 5.95. The number of nitrogens with two attached hydrogens (primary N) is 1. The number of carbonyl (C=O) groups excluding carboxylic acids is 1. The number of ether oxygens (including phenoxy) is 3. The summed E-state index contributed by atoms with van der Waals surface area (Å²) in [5, 5.41) is 7.24. The van der Waals surface area contributed by atoms with Crippen molar-refractivity contribution >= 4 is 22.9 Å². The molecule has 0 saturated carbocycles. The molecule has 0 spiro atoms. The fourth-order valence-corrected chi connectivity index (χ4v) is 7.13. The second-order valence-electron chi connectivity index (χ2n) is 13.3. The highest BCUT2D eigenvalue weighted by Gasteiger charge is 2.28. The monoisotopic (exact) mass is 740 g/mol. The third-order valence-corrected chi connectivity index (χ3v) is 9.81. The van der Waals surface area contributed by atoms with Crippen LogP contribution in [0, 0.1) is 0 Å². The van der Waals surface area contributed by atoms with E-state index in [-0.39, 0.29) is 11.9 Å². The van der Waals surface area contributed by atoms with Gasteiger partial charge in [0, 0.05) is 23.6 Å². The van der Waals surface area contributed by atoms with Crippen LogP contribution < -0.4 is 15.8 Å². The third-order valence-electron chi connectivity index (χ3n) is 9.81. The van der Waals surface area contributed by atoms with Gasteiger partial charge in [0.15, 0.2) is 17.8 Å². The smallest absolute Gasteiger partial charge is 0.333 e. The lowest BCUT2D eigenvalue weighted by atomic mass is 10.1. The van der Waals surface area contributed by atoms with Crippen molar-refractivity contribution in [3.05, 3.63) is 137 Å². The summed E-state index contributed by atoms with van der Waals surface area (Å²) in [5.41, 5.74) is 13.7. The molecule has 55 heavy (non-hydrogen) atoms. The number of pyridine rings is 2. The van der Waals surface area contributed by atoms with E-state index in [9.17, 15) is 13.6 Å². The Morgan fingerprint density at radius 2 is 1.78 bits per heavy atom. The first-order chi connectivity index (χ1) is 26.9. The molecule has 1 amide bonds. The van der Waals surface area contributed by atoms with Crippen molar-refractivity contribution in [2.24, 2.45) is 0 Å². The molecule has 9 rings (SSSR count). The van der Waals surface area contributed by atoms with Gasteiger partial charge in [0.05, 0.1) is 36.1 Å². The second-order valence-corrected chi connectivity index (χ2v) is 13.3. The van der Waals surface area contributed by atoms with Gasteiger partial charge in [-0.25, -0.2) is 19.6 Å². The maximum atomic E-state index is 13.8. The number of fused-ring (bicyclic) bond motifs is 2. The molecule has 3 N–H and O–H groups in total. The summed E-state index contributed by atoms with van der Waals surface area (Å²) in [7, 11) is 0. The number of alkyl halides is 2. The zero-order valence-corrected chi connectivity index (χ0v) is 29.3. The minimum absolute atomic E-state index is 0.225. The molecule has 3 aromatic carbocycles. The zero-order valence-electron chi connectivity index (χ0n) is 29.3. The van der Waals surface area contributed by atoms with E-state index in [2.05, 4.69) is 21.5 Å². The van der Waals surface area contributed by atoms with Gasteiger partial charge in [0.2, 0.25) is 0 Å². The van der Waals surface area contributed by atoms with Gasteiger partial charge in [-0.15, -0.1) is 0 Å². The van der Waals surface area contributed by atoms with Crippen molar-refractivity contribution in [3.8, 4) is 34.2 Å². The Balaban J connectivity index is 1.02. The van der Waals surface area contributed by atoms with Crippen LogP contribution >= 0.6 is 0 Å². The molecule has 276 valence electrons. The number of nitrogens with one attached hydrogen (secondary N) is 1. The molecule has 14 heteroatoms. The molecule has 5 heterocycles. The van der Waals surface area contributed by atoms with Crippen molar-refractivity contribution in [1.82, 2.24) is 34.6 Å². The van der Waals surface area contributed by atoms with E-state index in [0.717, 1.165) is 28.8 Å². The summed E-state index contributed by atoms with van der Waals surface area (Å²) < 4.78 is 46.9. The molecular formula is C41H34F2N8O4.